The highest BCUT2D eigenvalue weighted by molar-refractivity contribution is 5.99. The summed E-state index contributed by atoms with van der Waals surface area (Å²) in [6, 6.07) is 1.36. The molecule has 0 radical (unpaired) electrons. The number of hydrogen-bond donors (Lipinski definition) is 2. The molecule has 5 heteroatoms. The van der Waals surface area contributed by atoms with E-state index in [1.807, 2.05) is 6.92 Å². The number of H-pyrrole nitrogens is 1. The van der Waals surface area contributed by atoms with Crippen molar-refractivity contribution in [1.29, 1.82) is 0 Å². The summed E-state index contributed by atoms with van der Waals surface area (Å²) in [5.74, 6) is -2.51. The topological polar surface area (TPSA) is 88.7 Å². The van der Waals surface area contributed by atoms with Gasteiger partial charge in [-0.05, 0) is 12.5 Å². The van der Waals surface area contributed by atoms with Gasteiger partial charge in [-0.3, -0.25) is 0 Å². The molecule has 1 rings (SSSR count). The van der Waals surface area contributed by atoms with Crippen LogP contribution in [0.5, 0.6) is 0 Å². The van der Waals surface area contributed by atoms with Gasteiger partial charge in [0.25, 0.3) is 0 Å². The van der Waals surface area contributed by atoms with Crippen LogP contribution in [0.3, 0.4) is 0 Å². The van der Waals surface area contributed by atoms with Crippen LogP contribution in [0.25, 0.3) is 0 Å². The molecule has 3 N–H and O–H groups in total. The molecule has 0 saturated heterocycles. The van der Waals surface area contributed by atoms with Gasteiger partial charge in [0, 0.05) is 5.56 Å². The van der Waals surface area contributed by atoms with Crippen LogP contribution in [0.1, 0.15) is 33.3 Å². The van der Waals surface area contributed by atoms with E-state index in [-0.39, 0.29) is 11.3 Å². The first-order valence-electron chi connectivity index (χ1n) is 4.07. The van der Waals surface area contributed by atoms with E-state index in [2.05, 4.69) is 4.98 Å². The molecule has 0 aliphatic heterocycles. The van der Waals surface area contributed by atoms with Crippen molar-refractivity contribution in [1.82, 2.24) is 0 Å². The molecule has 5 nitrogen and oxygen atoms in total. The Hall–Kier alpha value is -1.91. The van der Waals surface area contributed by atoms with Crippen LogP contribution in [0, 0.1) is 0 Å². The molecule has 0 spiro atoms. The maximum absolute atomic E-state index is 10.7. The van der Waals surface area contributed by atoms with Crippen LogP contribution in [0.15, 0.2) is 12.3 Å². The Bertz CT molecular complexity index is 386. The molecule has 1 heterocycles. The van der Waals surface area contributed by atoms with Crippen molar-refractivity contribution < 1.29 is 24.8 Å². The van der Waals surface area contributed by atoms with Gasteiger partial charge in [0.1, 0.15) is 5.56 Å². The monoisotopic (exact) mass is 196 g/mol. The van der Waals surface area contributed by atoms with Gasteiger partial charge in [-0.1, -0.05) is 6.92 Å². The lowest BCUT2D eigenvalue weighted by molar-refractivity contribution is -0.384. The SMILES string of the molecule is CCc1c[nH+]c(C(=O)O)c(C(=O)O)c1. The van der Waals surface area contributed by atoms with E-state index in [4.69, 9.17) is 10.2 Å². The lowest BCUT2D eigenvalue weighted by atomic mass is 10.1. The van der Waals surface area contributed by atoms with Crippen LogP contribution in [-0.4, -0.2) is 22.2 Å². The van der Waals surface area contributed by atoms with Crippen LogP contribution in [0.2, 0.25) is 0 Å². The maximum Gasteiger partial charge on any atom is 0.402 e. The number of hydrogen-bond acceptors (Lipinski definition) is 2. The van der Waals surface area contributed by atoms with Crippen molar-refractivity contribution in [3.63, 3.8) is 0 Å². The minimum atomic E-state index is -1.27. The number of aromatic carboxylic acids is 2. The predicted octanol–water partition coefficient (Wildman–Crippen LogP) is 0.459. The number of rotatable bonds is 3. The molecular weight excluding hydrogens is 186 g/mol. The third-order valence-electron chi connectivity index (χ3n) is 1.85. The molecule has 0 atom stereocenters. The Morgan fingerprint density at radius 3 is 2.43 bits per heavy atom. The highest BCUT2D eigenvalue weighted by atomic mass is 16.4. The van der Waals surface area contributed by atoms with Crippen LogP contribution < -0.4 is 4.98 Å². The lowest BCUT2D eigenvalue weighted by Crippen LogP contribution is -2.22. The fourth-order valence-electron chi connectivity index (χ4n) is 1.09. The third-order valence-corrected chi connectivity index (χ3v) is 1.85. The second-order valence-electron chi connectivity index (χ2n) is 2.76. The van der Waals surface area contributed by atoms with Gasteiger partial charge < -0.3 is 10.2 Å². The largest absolute Gasteiger partial charge is 0.477 e. The van der Waals surface area contributed by atoms with Crippen molar-refractivity contribution in [2.75, 3.05) is 0 Å². The van der Waals surface area contributed by atoms with Crippen molar-refractivity contribution in [2.45, 2.75) is 13.3 Å². The average molecular weight is 196 g/mol. The first kappa shape index (κ1) is 10.2. The van der Waals surface area contributed by atoms with E-state index >= 15 is 0 Å². The second-order valence-corrected chi connectivity index (χ2v) is 2.76. The number of carboxylic acids is 2. The molecule has 74 valence electrons. The molecule has 14 heavy (non-hydrogen) atoms. The first-order chi connectivity index (χ1) is 6.56. The standard InChI is InChI=1S/C9H9NO4/c1-2-5-3-6(8(11)12)7(9(13)14)10-4-5/h3-4H,2H2,1H3,(H,11,12)(H,13,14)/p+1. The average Bonchev–Trinajstić information content (AvgIpc) is 2.16. The third kappa shape index (κ3) is 1.87. The normalized spacial score (nSPS) is 9.79. The number of carboxylic acid groups (broad SMARTS) is 2. The number of aryl methyl sites for hydroxylation is 1. The summed E-state index contributed by atoms with van der Waals surface area (Å²) in [6.07, 6.45) is 2.15. The van der Waals surface area contributed by atoms with Crippen LogP contribution in [0.4, 0.5) is 0 Å². The number of nitrogens with one attached hydrogen (secondary N) is 1. The summed E-state index contributed by atoms with van der Waals surface area (Å²) < 4.78 is 0. The van der Waals surface area contributed by atoms with Gasteiger partial charge in [-0.15, -0.1) is 0 Å². The zero-order valence-corrected chi connectivity index (χ0v) is 7.57. The van der Waals surface area contributed by atoms with E-state index in [1.165, 1.54) is 12.3 Å². The highest BCUT2D eigenvalue weighted by Gasteiger charge is 2.23. The number of carbonyl (C=O) groups is 2. The van der Waals surface area contributed by atoms with Gasteiger partial charge in [-0.2, -0.15) is 0 Å². The van der Waals surface area contributed by atoms with Gasteiger partial charge in [-0.25, -0.2) is 14.6 Å². The van der Waals surface area contributed by atoms with E-state index < -0.39 is 11.9 Å². The number of aromatic nitrogens is 1. The molecule has 1 aromatic heterocycles. The minimum Gasteiger partial charge on any atom is -0.477 e. The van der Waals surface area contributed by atoms with Crippen LogP contribution >= 0.6 is 0 Å². The molecule has 1 aromatic rings. The van der Waals surface area contributed by atoms with Gasteiger partial charge in [0.2, 0.25) is 0 Å². The van der Waals surface area contributed by atoms with E-state index in [1.54, 1.807) is 0 Å². The minimum absolute atomic E-state index is 0.211. The Kier molecular flexibility index (Phi) is 2.81. The Morgan fingerprint density at radius 1 is 1.36 bits per heavy atom. The van der Waals surface area contributed by atoms with Gasteiger partial charge in [0.05, 0.1) is 0 Å². The summed E-state index contributed by atoms with van der Waals surface area (Å²) in [5.41, 5.74) is 0.249. The molecule has 0 aromatic carbocycles. The smallest absolute Gasteiger partial charge is 0.402 e. The van der Waals surface area contributed by atoms with Gasteiger partial charge >= 0.3 is 17.6 Å². The van der Waals surface area contributed by atoms with Gasteiger partial charge in [0.15, 0.2) is 6.20 Å². The van der Waals surface area contributed by atoms with E-state index in [0.717, 1.165) is 5.56 Å². The highest BCUT2D eigenvalue weighted by Crippen LogP contribution is 2.06. The van der Waals surface area contributed by atoms with E-state index in [0.29, 0.717) is 6.42 Å². The quantitative estimate of drug-likeness (QED) is 0.734. The molecule has 0 fully saturated rings. The van der Waals surface area contributed by atoms with Crippen molar-refractivity contribution >= 4 is 11.9 Å². The summed E-state index contributed by atoms with van der Waals surface area (Å²) >= 11 is 0. The Morgan fingerprint density at radius 2 is 2.00 bits per heavy atom. The number of aromatic amines is 1. The fraction of sp³-hybridized carbons (Fsp3) is 0.222. The molecular formula is C9H10NO4+. The molecule has 0 aliphatic rings. The lowest BCUT2D eigenvalue weighted by Gasteiger charge is -1.97. The summed E-state index contributed by atoms with van der Waals surface area (Å²) in [5, 5.41) is 17.4. The van der Waals surface area contributed by atoms with Crippen molar-refractivity contribution in [3.8, 4) is 0 Å². The molecule has 0 saturated carbocycles. The number of pyridine rings is 1. The maximum atomic E-state index is 10.7. The summed E-state index contributed by atoms with van der Waals surface area (Å²) in [6.45, 7) is 1.86. The summed E-state index contributed by atoms with van der Waals surface area (Å²) in [7, 11) is 0. The zero-order valence-electron chi connectivity index (χ0n) is 7.57. The van der Waals surface area contributed by atoms with Crippen LogP contribution in [-0.2, 0) is 6.42 Å². The Balaban J connectivity index is 3.31. The second kappa shape index (κ2) is 3.87. The first-order valence-corrected chi connectivity index (χ1v) is 4.07. The zero-order chi connectivity index (χ0) is 10.7. The molecule has 0 bridgehead atoms. The van der Waals surface area contributed by atoms with Crippen molar-refractivity contribution in [2.24, 2.45) is 0 Å². The Labute approximate surface area is 80.0 Å². The molecule has 0 amide bonds. The fourth-order valence-corrected chi connectivity index (χ4v) is 1.09. The molecule has 0 unspecified atom stereocenters. The van der Waals surface area contributed by atoms with Crippen molar-refractivity contribution in [3.05, 3.63) is 29.1 Å². The summed E-state index contributed by atoms with van der Waals surface area (Å²) in [4.78, 5) is 23.8. The molecule has 0 aliphatic carbocycles. The van der Waals surface area contributed by atoms with E-state index in [9.17, 15) is 9.59 Å². The predicted molar refractivity (Wildman–Crippen MR) is 46.3 cm³/mol.